The molecule has 3 aromatic rings. The van der Waals surface area contributed by atoms with Crippen molar-refractivity contribution in [2.45, 2.75) is 4.21 Å². The van der Waals surface area contributed by atoms with Crippen LogP contribution in [0.3, 0.4) is 0 Å². The van der Waals surface area contributed by atoms with Crippen molar-refractivity contribution < 1.29 is 13.2 Å². The fourth-order valence-electron chi connectivity index (χ4n) is 2.06. The van der Waals surface area contributed by atoms with Crippen LogP contribution in [0, 0.1) is 0 Å². The van der Waals surface area contributed by atoms with Gasteiger partial charge in [0.25, 0.3) is 15.9 Å². The minimum Gasteiger partial charge on any atom is -0.278 e. The Balaban J connectivity index is 1.76. The smallest absolute Gasteiger partial charge is 0.273 e. The number of sulfonamides is 1. The zero-order chi connectivity index (χ0) is 18.4. The predicted octanol–water partition coefficient (Wildman–Crippen LogP) is 2.71. The molecule has 0 aliphatic heterocycles. The molecule has 7 nitrogen and oxygen atoms in total. The number of nitrogens with one attached hydrogen (secondary N) is 2. The second kappa shape index (κ2) is 7.89. The molecular weight excluding hydrogens is 372 g/mol. The number of hydrazone groups is 1. The molecule has 132 valence electrons. The average Bonchev–Trinajstić information content (AvgIpc) is 3.18. The number of hydrogen-bond acceptors (Lipinski definition) is 6. The van der Waals surface area contributed by atoms with Gasteiger partial charge in [-0.3, -0.25) is 14.5 Å². The van der Waals surface area contributed by atoms with E-state index in [4.69, 9.17) is 0 Å². The van der Waals surface area contributed by atoms with Crippen LogP contribution in [-0.4, -0.2) is 25.5 Å². The Morgan fingerprint density at radius 3 is 2.69 bits per heavy atom. The molecule has 1 amide bonds. The quantitative estimate of drug-likeness (QED) is 0.502. The maximum Gasteiger partial charge on any atom is 0.273 e. The van der Waals surface area contributed by atoms with Crippen molar-refractivity contribution in [2.24, 2.45) is 5.10 Å². The van der Waals surface area contributed by atoms with E-state index in [0.29, 0.717) is 0 Å². The number of thiophene rings is 1. The lowest BCUT2D eigenvalue weighted by molar-refractivity contribution is 0.0956. The number of aromatic nitrogens is 1. The van der Waals surface area contributed by atoms with Crippen LogP contribution < -0.4 is 10.1 Å². The molecule has 0 saturated heterocycles. The molecule has 0 saturated carbocycles. The molecule has 2 heterocycles. The standard InChI is InChI=1S/C17H14N4O3S2/c22-17(20-19-12-13-5-3-9-18-11-13)14-6-1-2-7-15(14)21-26(23,24)16-8-4-10-25-16/h1-12,21H,(H,20,22). The zero-order valence-electron chi connectivity index (χ0n) is 13.4. The van der Waals surface area contributed by atoms with Crippen LogP contribution in [0.5, 0.6) is 0 Å². The van der Waals surface area contributed by atoms with Gasteiger partial charge >= 0.3 is 0 Å². The third-order valence-corrected chi connectivity index (χ3v) is 6.00. The number of pyridine rings is 1. The maximum absolute atomic E-state index is 12.4. The molecule has 0 atom stereocenters. The molecule has 9 heteroatoms. The van der Waals surface area contributed by atoms with Crippen molar-refractivity contribution >= 4 is 39.2 Å². The Morgan fingerprint density at radius 1 is 1.12 bits per heavy atom. The Morgan fingerprint density at radius 2 is 1.96 bits per heavy atom. The van der Waals surface area contributed by atoms with Gasteiger partial charge in [0, 0.05) is 18.0 Å². The third kappa shape index (κ3) is 4.32. The monoisotopic (exact) mass is 386 g/mol. The van der Waals surface area contributed by atoms with Gasteiger partial charge in [0.2, 0.25) is 0 Å². The number of carbonyl (C=O) groups excluding carboxylic acids is 1. The normalized spacial score (nSPS) is 11.4. The fraction of sp³-hybridized carbons (Fsp3) is 0. The van der Waals surface area contributed by atoms with Crippen molar-refractivity contribution in [1.82, 2.24) is 10.4 Å². The maximum atomic E-state index is 12.4. The molecule has 0 fully saturated rings. The summed E-state index contributed by atoms with van der Waals surface area (Å²) >= 11 is 1.09. The minimum absolute atomic E-state index is 0.163. The molecule has 0 aliphatic rings. The number of anilines is 1. The van der Waals surface area contributed by atoms with Gasteiger partial charge in [-0.15, -0.1) is 11.3 Å². The molecule has 2 aromatic heterocycles. The Hall–Kier alpha value is -3.04. The van der Waals surface area contributed by atoms with Crippen LogP contribution in [0.25, 0.3) is 0 Å². The number of benzene rings is 1. The van der Waals surface area contributed by atoms with Gasteiger partial charge in [0.05, 0.1) is 17.5 Å². The molecule has 26 heavy (non-hydrogen) atoms. The number of carbonyl (C=O) groups is 1. The molecular formula is C17H14N4O3S2. The van der Waals surface area contributed by atoms with Crippen molar-refractivity contribution in [3.05, 3.63) is 77.4 Å². The molecule has 1 aromatic carbocycles. The lowest BCUT2D eigenvalue weighted by Crippen LogP contribution is -2.21. The van der Waals surface area contributed by atoms with E-state index in [-0.39, 0.29) is 15.5 Å². The zero-order valence-corrected chi connectivity index (χ0v) is 15.0. The minimum atomic E-state index is -3.75. The first-order valence-corrected chi connectivity index (χ1v) is 9.81. The first-order valence-electron chi connectivity index (χ1n) is 7.45. The highest BCUT2D eigenvalue weighted by Gasteiger charge is 2.19. The van der Waals surface area contributed by atoms with E-state index in [1.165, 1.54) is 24.4 Å². The predicted molar refractivity (Wildman–Crippen MR) is 101 cm³/mol. The van der Waals surface area contributed by atoms with Crippen LogP contribution in [-0.2, 0) is 10.0 Å². The van der Waals surface area contributed by atoms with Gasteiger partial charge in [-0.25, -0.2) is 13.8 Å². The van der Waals surface area contributed by atoms with Crippen LogP contribution in [0.1, 0.15) is 15.9 Å². The molecule has 0 radical (unpaired) electrons. The van der Waals surface area contributed by atoms with Crippen LogP contribution in [0.2, 0.25) is 0 Å². The van der Waals surface area contributed by atoms with E-state index in [1.807, 2.05) is 0 Å². The topological polar surface area (TPSA) is 101 Å². The van der Waals surface area contributed by atoms with Crippen LogP contribution >= 0.6 is 11.3 Å². The number of para-hydroxylation sites is 1. The second-order valence-electron chi connectivity index (χ2n) is 5.07. The molecule has 2 N–H and O–H groups in total. The fourth-order valence-corrected chi connectivity index (χ4v) is 4.13. The Kier molecular flexibility index (Phi) is 5.40. The van der Waals surface area contributed by atoms with Gasteiger partial charge in [-0.2, -0.15) is 5.10 Å². The number of nitrogens with zero attached hydrogens (tertiary/aromatic N) is 2. The van der Waals surface area contributed by atoms with E-state index >= 15 is 0 Å². The lowest BCUT2D eigenvalue weighted by Gasteiger charge is -2.10. The van der Waals surface area contributed by atoms with Crippen molar-refractivity contribution in [2.75, 3.05) is 4.72 Å². The molecule has 0 bridgehead atoms. The first-order chi connectivity index (χ1) is 12.6. The van der Waals surface area contributed by atoms with Crippen molar-refractivity contribution in [3.63, 3.8) is 0 Å². The van der Waals surface area contributed by atoms with E-state index in [0.717, 1.165) is 16.9 Å². The summed E-state index contributed by atoms with van der Waals surface area (Å²) in [6.45, 7) is 0. The summed E-state index contributed by atoms with van der Waals surface area (Å²) in [6, 6.07) is 13.0. The van der Waals surface area contributed by atoms with Crippen LogP contribution in [0.15, 0.2) is 75.6 Å². The van der Waals surface area contributed by atoms with E-state index < -0.39 is 15.9 Å². The SMILES string of the molecule is O=C(NN=Cc1cccnc1)c1ccccc1NS(=O)(=O)c1cccs1. The molecule has 3 rings (SSSR count). The highest BCUT2D eigenvalue weighted by molar-refractivity contribution is 7.94. The largest absolute Gasteiger partial charge is 0.278 e. The molecule has 0 aliphatic carbocycles. The van der Waals surface area contributed by atoms with Crippen molar-refractivity contribution in [3.8, 4) is 0 Å². The highest BCUT2D eigenvalue weighted by Crippen LogP contribution is 2.22. The summed E-state index contributed by atoms with van der Waals surface area (Å²) in [5.41, 5.74) is 3.44. The summed E-state index contributed by atoms with van der Waals surface area (Å²) in [5, 5.41) is 5.53. The summed E-state index contributed by atoms with van der Waals surface area (Å²) < 4.78 is 27.3. The van der Waals surface area contributed by atoms with Gasteiger partial charge in [-0.05, 0) is 29.6 Å². The van der Waals surface area contributed by atoms with Crippen LogP contribution in [0.4, 0.5) is 5.69 Å². The molecule has 0 spiro atoms. The Labute approximate surface area is 154 Å². The average molecular weight is 386 g/mol. The highest BCUT2D eigenvalue weighted by atomic mass is 32.2. The lowest BCUT2D eigenvalue weighted by atomic mass is 10.2. The summed E-state index contributed by atoms with van der Waals surface area (Å²) in [7, 11) is -3.75. The summed E-state index contributed by atoms with van der Waals surface area (Å²) in [6.07, 6.45) is 4.67. The number of rotatable bonds is 6. The number of hydrogen-bond donors (Lipinski definition) is 2. The van der Waals surface area contributed by atoms with Gasteiger partial charge in [0.15, 0.2) is 0 Å². The van der Waals surface area contributed by atoms with Crippen molar-refractivity contribution in [1.29, 1.82) is 0 Å². The summed E-state index contributed by atoms with van der Waals surface area (Å²) in [5.74, 6) is -0.533. The Bertz CT molecular complexity index is 1020. The van der Waals surface area contributed by atoms with Gasteiger partial charge < -0.3 is 0 Å². The second-order valence-corrected chi connectivity index (χ2v) is 7.93. The van der Waals surface area contributed by atoms with E-state index in [9.17, 15) is 13.2 Å². The first kappa shape index (κ1) is 17.8. The van der Waals surface area contributed by atoms with Gasteiger partial charge in [-0.1, -0.05) is 24.3 Å². The summed E-state index contributed by atoms with van der Waals surface area (Å²) in [4.78, 5) is 16.3. The molecule has 0 unspecified atom stereocenters. The number of amides is 1. The van der Waals surface area contributed by atoms with E-state index in [2.05, 4.69) is 20.2 Å². The third-order valence-electron chi connectivity index (χ3n) is 3.24. The van der Waals surface area contributed by atoms with Gasteiger partial charge in [0.1, 0.15) is 4.21 Å². The van der Waals surface area contributed by atoms with E-state index in [1.54, 1.807) is 48.1 Å².